The molecule has 3 heterocycles. The Labute approximate surface area is 184 Å². The number of aromatic nitrogens is 4. The number of nitrogen functional groups attached to an aromatic ring is 2. The smallest absolute Gasteiger partial charge is 0.229 e. The molecule has 9 heteroatoms. The minimum absolute atomic E-state index is 0.0189. The van der Waals surface area contributed by atoms with Gasteiger partial charge in [-0.25, -0.2) is 4.98 Å². The van der Waals surface area contributed by atoms with E-state index in [1.165, 1.54) is 0 Å². The van der Waals surface area contributed by atoms with Gasteiger partial charge in [0.2, 0.25) is 11.9 Å². The number of benzene rings is 2. The lowest BCUT2D eigenvalue weighted by molar-refractivity contribution is -0.120. The fraction of sp³-hybridized carbons (Fsp3) is 0.217. The molecule has 1 aliphatic rings. The molecular weight excluding hydrogens is 404 g/mol. The highest BCUT2D eigenvalue weighted by Gasteiger charge is 2.27. The van der Waals surface area contributed by atoms with Crippen LogP contribution < -0.4 is 21.7 Å². The number of rotatable bonds is 4. The Kier molecular flexibility index (Phi) is 5.06. The van der Waals surface area contributed by atoms with Gasteiger partial charge in [-0.15, -0.1) is 0 Å². The van der Waals surface area contributed by atoms with Gasteiger partial charge in [-0.05, 0) is 37.1 Å². The maximum absolute atomic E-state index is 12.8. The second-order valence-electron chi connectivity index (χ2n) is 7.98. The summed E-state index contributed by atoms with van der Waals surface area (Å²) < 4.78 is 0. The molecule has 0 unspecified atom stereocenters. The Morgan fingerprint density at radius 3 is 2.78 bits per heavy atom. The Morgan fingerprint density at radius 1 is 1.09 bits per heavy atom. The third-order valence-electron chi connectivity index (χ3n) is 5.78. The van der Waals surface area contributed by atoms with Crippen LogP contribution in [0.1, 0.15) is 12.8 Å². The lowest BCUT2D eigenvalue weighted by Gasteiger charge is -2.33. The maximum atomic E-state index is 12.8. The van der Waals surface area contributed by atoms with Gasteiger partial charge >= 0.3 is 0 Å². The largest absolute Gasteiger partial charge is 0.382 e. The molecule has 1 aliphatic heterocycles. The van der Waals surface area contributed by atoms with Gasteiger partial charge in [0.1, 0.15) is 5.82 Å². The molecule has 1 fully saturated rings. The molecule has 6 N–H and O–H groups in total. The van der Waals surface area contributed by atoms with Crippen LogP contribution in [0.5, 0.6) is 0 Å². The number of piperidine rings is 1. The van der Waals surface area contributed by atoms with E-state index < -0.39 is 0 Å². The molecule has 2 aromatic carbocycles. The summed E-state index contributed by atoms with van der Waals surface area (Å²) in [6, 6.07) is 17.2. The van der Waals surface area contributed by atoms with Gasteiger partial charge in [0.05, 0.1) is 17.1 Å². The average molecular weight is 429 g/mol. The molecule has 0 saturated carbocycles. The Morgan fingerprint density at radius 2 is 1.94 bits per heavy atom. The first-order valence-corrected chi connectivity index (χ1v) is 10.6. The van der Waals surface area contributed by atoms with Crippen molar-refractivity contribution in [1.29, 1.82) is 0 Å². The molecule has 4 aromatic rings. The lowest BCUT2D eigenvalue weighted by atomic mass is 9.97. The molecule has 5 rings (SSSR count). The van der Waals surface area contributed by atoms with E-state index in [1.807, 2.05) is 54.6 Å². The van der Waals surface area contributed by atoms with Crippen LogP contribution in [0.3, 0.4) is 0 Å². The molecule has 1 saturated heterocycles. The predicted molar refractivity (Wildman–Crippen MR) is 126 cm³/mol. The first kappa shape index (κ1) is 19.8. The van der Waals surface area contributed by atoms with E-state index in [9.17, 15) is 4.79 Å². The van der Waals surface area contributed by atoms with Crippen molar-refractivity contribution in [3.05, 3.63) is 54.6 Å². The van der Waals surface area contributed by atoms with Gasteiger partial charge in [0.25, 0.3) is 0 Å². The van der Waals surface area contributed by atoms with E-state index in [4.69, 9.17) is 11.5 Å². The number of hydrogen-bond acceptors (Lipinski definition) is 7. The summed E-state index contributed by atoms with van der Waals surface area (Å²) in [6.07, 6.45) is 1.73. The number of H-pyrrole nitrogens is 1. The number of anilines is 4. The van der Waals surface area contributed by atoms with Crippen LogP contribution in [0.15, 0.2) is 54.6 Å². The number of nitrogens with two attached hydrogens (primary N) is 2. The summed E-state index contributed by atoms with van der Waals surface area (Å²) in [5.41, 5.74) is 15.1. The number of nitrogens with one attached hydrogen (secondary N) is 2. The number of aromatic amines is 1. The summed E-state index contributed by atoms with van der Waals surface area (Å²) in [6.45, 7) is 1.38. The van der Waals surface area contributed by atoms with E-state index in [0.29, 0.717) is 23.9 Å². The lowest BCUT2D eigenvalue weighted by Crippen LogP contribution is -2.41. The fourth-order valence-electron chi connectivity index (χ4n) is 4.13. The van der Waals surface area contributed by atoms with Gasteiger partial charge < -0.3 is 21.7 Å². The molecule has 0 aliphatic carbocycles. The fourth-order valence-corrected chi connectivity index (χ4v) is 4.13. The van der Waals surface area contributed by atoms with Crippen LogP contribution in [0, 0.1) is 5.92 Å². The zero-order valence-corrected chi connectivity index (χ0v) is 17.5. The Hall–Kier alpha value is -4.14. The standard InChI is InChI=1S/C23H24N8O/c24-21-17-9-8-14(11-19(17)29-30-21)18-12-20(28-23(25)27-18)31-10-4-5-15(13-31)22(32)26-16-6-2-1-3-7-16/h1-3,6-9,11-12,15H,4-5,10,13H2,(H,26,32)(H3,24,29,30)(H2,25,27,28)/t15-/m0/s1. The monoisotopic (exact) mass is 428 g/mol. The van der Waals surface area contributed by atoms with Crippen molar-refractivity contribution in [3.63, 3.8) is 0 Å². The van der Waals surface area contributed by atoms with Crippen LogP contribution in [-0.2, 0) is 4.79 Å². The SMILES string of the molecule is Nc1nc(-c2ccc3c(N)n[nH]c3c2)cc(N2CCC[C@H](C(=O)Nc3ccccc3)C2)n1. The molecule has 0 radical (unpaired) electrons. The third-order valence-corrected chi connectivity index (χ3v) is 5.78. The number of para-hydroxylation sites is 1. The van der Waals surface area contributed by atoms with E-state index in [0.717, 1.165) is 41.5 Å². The Bertz CT molecular complexity index is 1270. The van der Waals surface area contributed by atoms with E-state index in [1.54, 1.807) is 0 Å². The van der Waals surface area contributed by atoms with Crippen molar-refractivity contribution in [3.8, 4) is 11.3 Å². The van der Waals surface area contributed by atoms with Crippen molar-refractivity contribution in [1.82, 2.24) is 20.2 Å². The summed E-state index contributed by atoms with van der Waals surface area (Å²) in [4.78, 5) is 23.8. The minimum atomic E-state index is -0.132. The molecule has 0 spiro atoms. The number of nitrogens with zero attached hydrogens (tertiary/aromatic N) is 4. The van der Waals surface area contributed by atoms with Crippen molar-refractivity contribution >= 4 is 40.1 Å². The third kappa shape index (κ3) is 3.92. The molecule has 0 bridgehead atoms. The molecule has 32 heavy (non-hydrogen) atoms. The van der Waals surface area contributed by atoms with Crippen LogP contribution >= 0.6 is 0 Å². The van der Waals surface area contributed by atoms with Crippen LogP contribution in [0.25, 0.3) is 22.2 Å². The van der Waals surface area contributed by atoms with Gasteiger partial charge in [0.15, 0.2) is 5.82 Å². The average Bonchev–Trinajstić information content (AvgIpc) is 3.19. The van der Waals surface area contributed by atoms with Gasteiger partial charge in [-0.2, -0.15) is 10.1 Å². The maximum Gasteiger partial charge on any atom is 0.229 e. The minimum Gasteiger partial charge on any atom is -0.382 e. The highest BCUT2D eigenvalue weighted by Crippen LogP contribution is 2.29. The van der Waals surface area contributed by atoms with Gasteiger partial charge in [0, 0.05) is 35.8 Å². The first-order chi connectivity index (χ1) is 15.6. The van der Waals surface area contributed by atoms with E-state index >= 15 is 0 Å². The summed E-state index contributed by atoms with van der Waals surface area (Å²) in [5, 5.41) is 10.8. The number of carbonyl (C=O) groups excluding carboxylic acids is 1. The van der Waals surface area contributed by atoms with Gasteiger partial charge in [-0.1, -0.05) is 24.3 Å². The van der Waals surface area contributed by atoms with Crippen LogP contribution in [0.2, 0.25) is 0 Å². The molecule has 2 aromatic heterocycles. The quantitative estimate of drug-likeness (QED) is 0.392. The summed E-state index contributed by atoms with van der Waals surface area (Å²) in [5.74, 6) is 1.26. The molecule has 162 valence electrons. The summed E-state index contributed by atoms with van der Waals surface area (Å²) in [7, 11) is 0. The van der Waals surface area contributed by atoms with Crippen LogP contribution in [-0.4, -0.2) is 39.2 Å². The van der Waals surface area contributed by atoms with E-state index in [2.05, 4.69) is 30.4 Å². The van der Waals surface area contributed by atoms with Crippen molar-refractivity contribution < 1.29 is 4.79 Å². The molecule has 1 amide bonds. The highest BCUT2D eigenvalue weighted by atomic mass is 16.1. The number of hydrogen-bond donors (Lipinski definition) is 4. The second-order valence-corrected chi connectivity index (χ2v) is 7.98. The zero-order chi connectivity index (χ0) is 22.1. The number of amides is 1. The topological polar surface area (TPSA) is 139 Å². The summed E-state index contributed by atoms with van der Waals surface area (Å²) >= 11 is 0. The zero-order valence-electron chi connectivity index (χ0n) is 17.5. The molecular formula is C23H24N8O. The molecule has 1 atom stereocenters. The normalized spacial score (nSPS) is 16.2. The number of carbonyl (C=O) groups is 1. The van der Waals surface area contributed by atoms with Crippen molar-refractivity contribution in [2.75, 3.05) is 34.8 Å². The first-order valence-electron chi connectivity index (χ1n) is 10.6. The highest BCUT2D eigenvalue weighted by molar-refractivity contribution is 5.93. The number of fused-ring (bicyclic) bond motifs is 1. The van der Waals surface area contributed by atoms with Crippen molar-refractivity contribution in [2.45, 2.75) is 12.8 Å². The second kappa shape index (κ2) is 8.18. The van der Waals surface area contributed by atoms with Crippen molar-refractivity contribution in [2.24, 2.45) is 5.92 Å². The molecule has 9 nitrogen and oxygen atoms in total. The van der Waals surface area contributed by atoms with E-state index in [-0.39, 0.29) is 17.8 Å². The Balaban J connectivity index is 1.38. The van der Waals surface area contributed by atoms with Crippen LogP contribution in [0.4, 0.5) is 23.3 Å². The predicted octanol–water partition coefficient (Wildman–Crippen LogP) is 3.04. The van der Waals surface area contributed by atoms with Gasteiger partial charge in [-0.3, -0.25) is 9.89 Å².